The fourth-order valence-corrected chi connectivity index (χ4v) is 2.90. The lowest BCUT2D eigenvalue weighted by Crippen LogP contribution is -2.50. The molecule has 2 aromatic rings. The molecule has 2 N–H and O–H groups in total. The lowest BCUT2D eigenvalue weighted by Gasteiger charge is -2.24. The molecule has 3 rings (SSSR count). The minimum atomic E-state index is -0.602. The zero-order valence-electron chi connectivity index (χ0n) is 13.9. The summed E-state index contributed by atoms with van der Waals surface area (Å²) in [4.78, 5) is 26.9. The number of anilines is 1. The van der Waals surface area contributed by atoms with Crippen molar-refractivity contribution in [2.75, 3.05) is 18.4 Å². The average Bonchev–Trinajstić information content (AvgIpc) is 3.17. The zero-order valence-corrected chi connectivity index (χ0v) is 13.9. The molecule has 25 heavy (non-hydrogen) atoms. The summed E-state index contributed by atoms with van der Waals surface area (Å²) in [7, 11) is 0. The third kappa shape index (κ3) is 4.76. The molecular weight excluding hydrogens is 318 g/mol. The van der Waals surface area contributed by atoms with Crippen molar-refractivity contribution in [3.05, 3.63) is 54.4 Å². The minimum absolute atomic E-state index is 0.0376. The Morgan fingerprint density at radius 2 is 1.84 bits per heavy atom. The molecule has 1 aromatic carbocycles. The van der Waals surface area contributed by atoms with E-state index < -0.39 is 12.1 Å². The number of rotatable bonds is 5. The van der Waals surface area contributed by atoms with Crippen molar-refractivity contribution in [1.29, 1.82) is 0 Å². The number of nitrogens with zero attached hydrogens (tertiary/aromatic N) is 3. The first-order chi connectivity index (χ1) is 12.2. The molecule has 1 aliphatic rings. The van der Waals surface area contributed by atoms with E-state index in [1.807, 2.05) is 35.2 Å². The average molecular weight is 339 g/mol. The summed E-state index contributed by atoms with van der Waals surface area (Å²) in [5, 5.41) is 12.9. The summed E-state index contributed by atoms with van der Waals surface area (Å²) in [5.74, 6) is -0.0376. The van der Waals surface area contributed by atoms with Crippen LogP contribution in [0.2, 0.25) is 0 Å². The number of urea groups is 1. The highest BCUT2D eigenvalue weighted by Crippen LogP contribution is 2.12. The van der Waals surface area contributed by atoms with Crippen molar-refractivity contribution in [3.63, 3.8) is 0 Å². The maximum atomic E-state index is 12.8. The van der Waals surface area contributed by atoms with Crippen LogP contribution in [0.5, 0.6) is 0 Å². The summed E-state index contributed by atoms with van der Waals surface area (Å²) in [5.41, 5.74) is 1.53. The third-order valence-electron chi connectivity index (χ3n) is 4.15. The Hall–Kier alpha value is -2.96. The van der Waals surface area contributed by atoms with Gasteiger partial charge >= 0.3 is 6.03 Å². The fraction of sp³-hybridized carbons (Fsp3) is 0.333. The van der Waals surface area contributed by atoms with Crippen molar-refractivity contribution in [1.82, 2.24) is 20.4 Å². The second-order valence-electron chi connectivity index (χ2n) is 6.00. The van der Waals surface area contributed by atoms with Gasteiger partial charge in [-0.15, -0.1) is 0 Å². The van der Waals surface area contributed by atoms with Crippen molar-refractivity contribution in [2.24, 2.45) is 0 Å². The van der Waals surface area contributed by atoms with Crippen LogP contribution in [0.25, 0.3) is 0 Å². The van der Waals surface area contributed by atoms with E-state index in [-0.39, 0.29) is 5.91 Å². The van der Waals surface area contributed by atoms with Gasteiger partial charge in [-0.25, -0.2) is 4.79 Å². The van der Waals surface area contributed by atoms with E-state index in [9.17, 15) is 9.59 Å². The first-order valence-corrected chi connectivity index (χ1v) is 8.39. The topological polar surface area (TPSA) is 87.2 Å². The van der Waals surface area contributed by atoms with E-state index in [4.69, 9.17) is 0 Å². The van der Waals surface area contributed by atoms with Gasteiger partial charge in [0, 0.05) is 19.5 Å². The van der Waals surface area contributed by atoms with Crippen molar-refractivity contribution in [3.8, 4) is 0 Å². The molecule has 7 heteroatoms. The molecule has 3 amide bonds. The van der Waals surface area contributed by atoms with Crippen LogP contribution in [-0.2, 0) is 11.2 Å². The Kier molecular flexibility index (Phi) is 5.56. The van der Waals surface area contributed by atoms with Crippen LogP contribution in [0.1, 0.15) is 18.4 Å². The molecule has 1 aliphatic heterocycles. The number of hydrogen-bond acceptors (Lipinski definition) is 4. The largest absolute Gasteiger partial charge is 0.341 e. The van der Waals surface area contributed by atoms with Gasteiger partial charge in [0.05, 0.1) is 18.1 Å². The van der Waals surface area contributed by atoms with Gasteiger partial charge in [-0.2, -0.15) is 10.2 Å². The summed E-state index contributed by atoms with van der Waals surface area (Å²) in [6, 6.07) is 10.3. The number of carbonyl (C=O) groups is 2. The van der Waals surface area contributed by atoms with Gasteiger partial charge in [-0.1, -0.05) is 30.3 Å². The van der Waals surface area contributed by atoms with Gasteiger partial charge in [0.15, 0.2) is 0 Å². The Balaban J connectivity index is 1.68. The molecule has 0 radical (unpaired) electrons. The van der Waals surface area contributed by atoms with E-state index in [1.54, 1.807) is 6.07 Å². The summed E-state index contributed by atoms with van der Waals surface area (Å²) < 4.78 is 0. The molecule has 0 saturated carbocycles. The maximum Gasteiger partial charge on any atom is 0.319 e. The SMILES string of the molecule is O=C(Nc1ccnnc1)NC(Cc1ccccc1)C(=O)N1CCCC1. The first kappa shape index (κ1) is 16.9. The predicted octanol–water partition coefficient (Wildman–Crippen LogP) is 1.83. The Morgan fingerprint density at radius 3 is 2.52 bits per heavy atom. The molecule has 1 atom stereocenters. The highest BCUT2D eigenvalue weighted by atomic mass is 16.2. The van der Waals surface area contributed by atoms with E-state index in [2.05, 4.69) is 20.8 Å². The Labute approximate surface area is 146 Å². The van der Waals surface area contributed by atoms with Crippen LogP contribution < -0.4 is 10.6 Å². The van der Waals surface area contributed by atoms with Crippen LogP contribution in [0.15, 0.2) is 48.8 Å². The number of benzene rings is 1. The van der Waals surface area contributed by atoms with E-state index in [0.717, 1.165) is 31.5 Å². The van der Waals surface area contributed by atoms with Gasteiger partial charge in [0.25, 0.3) is 0 Å². The number of amides is 3. The molecule has 0 spiro atoms. The molecule has 0 bridgehead atoms. The van der Waals surface area contributed by atoms with Gasteiger partial charge in [0.1, 0.15) is 6.04 Å². The number of carbonyl (C=O) groups excluding carboxylic acids is 2. The van der Waals surface area contributed by atoms with Crippen molar-refractivity contribution < 1.29 is 9.59 Å². The maximum absolute atomic E-state index is 12.8. The molecule has 1 aromatic heterocycles. The number of aromatic nitrogens is 2. The second-order valence-corrected chi connectivity index (χ2v) is 6.00. The van der Waals surface area contributed by atoms with Crippen molar-refractivity contribution in [2.45, 2.75) is 25.3 Å². The molecule has 1 saturated heterocycles. The smallest absolute Gasteiger partial charge is 0.319 e. The van der Waals surface area contributed by atoms with Crippen molar-refractivity contribution >= 4 is 17.6 Å². The molecule has 7 nitrogen and oxygen atoms in total. The monoisotopic (exact) mass is 339 g/mol. The predicted molar refractivity (Wildman–Crippen MR) is 93.9 cm³/mol. The van der Waals surface area contributed by atoms with Crippen LogP contribution in [-0.4, -0.2) is 46.2 Å². The third-order valence-corrected chi connectivity index (χ3v) is 4.15. The lowest BCUT2D eigenvalue weighted by atomic mass is 10.0. The zero-order chi connectivity index (χ0) is 17.5. The molecular formula is C18H21N5O2. The van der Waals surface area contributed by atoms with Gasteiger partial charge in [-0.05, 0) is 24.5 Å². The quantitative estimate of drug-likeness (QED) is 0.870. The summed E-state index contributed by atoms with van der Waals surface area (Å²) in [6.45, 7) is 1.50. The standard InChI is InChI=1S/C18H21N5O2/c24-17(23-10-4-5-11-23)16(12-14-6-2-1-3-7-14)22-18(25)21-15-8-9-19-20-13-15/h1-3,6-9,13,16H,4-5,10-12H2,(H2,19,21,22,25). The fourth-order valence-electron chi connectivity index (χ4n) is 2.90. The highest BCUT2D eigenvalue weighted by Gasteiger charge is 2.28. The van der Waals surface area contributed by atoms with Crippen LogP contribution >= 0.6 is 0 Å². The molecule has 130 valence electrons. The normalized spacial score (nSPS) is 14.8. The number of hydrogen-bond donors (Lipinski definition) is 2. The van der Waals surface area contributed by atoms with E-state index in [0.29, 0.717) is 12.1 Å². The van der Waals surface area contributed by atoms with Crippen LogP contribution in [0, 0.1) is 0 Å². The minimum Gasteiger partial charge on any atom is -0.341 e. The Bertz CT molecular complexity index is 702. The second kappa shape index (κ2) is 8.23. The summed E-state index contributed by atoms with van der Waals surface area (Å²) >= 11 is 0. The Morgan fingerprint density at radius 1 is 1.08 bits per heavy atom. The van der Waals surface area contributed by atoms with Crippen LogP contribution in [0.3, 0.4) is 0 Å². The lowest BCUT2D eigenvalue weighted by molar-refractivity contribution is -0.132. The number of nitrogens with one attached hydrogen (secondary N) is 2. The van der Waals surface area contributed by atoms with Gasteiger partial charge < -0.3 is 15.5 Å². The van der Waals surface area contributed by atoms with E-state index in [1.165, 1.54) is 12.4 Å². The number of likely N-dealkylation sites (tertiary alicyclic amines) is 1. The van der Waals surface area contributed by atoms with Gasteiger partial charge in [0.2, 0.25) is 5.91 Å². The van der Waals surface area contributed by atoms with Gasteiger partial charge in [-0.3, -0.25) is 4.79 Å². The molecule has 2 heterocycles. The molecule has 0 aliphatic carbocycles. The van der Waals surface area contributed by atoms with Crippen LogP contribution in [0.4, 0.5) is 10.5 Å². The highest BCUT2D eigenvalue weighted by molar-refractivity contribution is 5.93. The molecule has 1 unspecified atom stereocenters. The summed E-state index contributed by atoms with van der Waals surface area (Å²) in [6.07, 6.45) is 5.43. The molecule has 1 fully saturated rings. The van der Waals surface area contributed by atoms with E-state index >= 15 is 0 Å². The first-order valence-electron chi connectivity index (χ1n) is 8.39.